The number of carbonyl (C=O) groups excluding carboxylic acids is 1. The number of rotatable bonds is 7. The molecule has 1 aliphatic heterocycles. The summed E-state index contributed by atoms with van der Waals surface area (Å²) >= 11 is 0. The van der Waals surface area contributed by atoms with Gasteiger partial charge < -0.3 is 9.57 Å². The highest BCUT2D eigenvalue weighted by Gasteiger charge is 2.51. The van der Waals surface area contributed by atoms with E-state index in [1.165, 1.54) is 63.9 Å². The fourth-order valence-corrected chi connectivity index (χ4v) is 8.06. The number of hydrogen-bond acceptors (Lipinski definition) is 4. The van der Waals surface area contributed by atoms with Crippen LogP contribution < -0.4 is 0 Å². The standard InChI is InChI=1S/C31H49NO3/c1-21(2)9-7-10-22(3)28-14-15-29-25(11-8-17-30(28,29)6)12-13-26-19-27(34-24(5)33)16-18-31(26)20-23(4)32-35-31/h12-13,21-22,27-29H,7-11,14-20H2,1-6H3/b25-12+,26-13+/t22-,27+,28-,29+,30-,31+/m1/s1. The molecule has 0 aromatic heterocycles. The second-order valence-corrected chi connectivity index (χ2v) is 12.9. The molecular weight excluding hydrogens is 434 g/mol. The maximum absolute atomic E-state index is 11.6. The third kappa shape index (κ3) is 5.72. The Labute approximate surface area is 214 Å². The summed E-state index contributed by atoms with van der Waals surface area (Å²) in [4.78, 5) is 17.7. The molecule has 0 aromatic rings. The van der Waals surface area contributed by atoms with Crippen LogP contribution in [0.1, 0.15) is 119 Å². The highest BCUT2D eigenvalue weighted by Crippen LogP contribution is 2.60. The molecule has 196 valence electrons. The van der Waals surface area contributed by atoms with Crippen LogP contribution in [0.15, 0.2) is 28.5 Å². The van der Waals surface area contributed by atoms with Gasteiger partial charge in [-0.15, -0.1) is 0 Å². The van der Waals surface area contributed by atoms with E-state index in [0.717, 1.165) is 49.1 Å². The molecule has 0 radical (unpaired) electrons. The summed E-state index contributed by atoms with van der Waals surface area (Å²) < 4.78 is 5.62. The number of oxime groups is 1. The van der Waals surface area contributed by atoms with Crippen molar-refractivity contribution >= 4 is 11.7 Å². The van der Waals surface area contributed by atoms with Gasteiger partial charge in [0, 0.05) is 19.8 Å². The summed E-state index contributed by atoms with van der Waals surface area (Å²) in [6.07, 6.45) is 18.8. The van der Waals surface area contributed by atoms with Crippen LogP contribution in [0.25, 0.3) is 0 Å². The third-order valence-electron chi connectivity index (χ3n) is 9.82. The van der Waals surface area contributed by atoms with Crippen LogP contribution in [0.5, 0.6) is 0 Å². The molecule has 0 amide bonds. The highest BCUT2D eigenvalue weighted by molar-refractivity contribution is 5.84. The molecule has 6 atom stereocenters. The van der Waals surface area contributed by atoms with Gasteiger partial charge in [0.1, 0.15) is 6.10 Å². The van der Waals surface area contributed by atoms with Gasteiger partial charge in [-0.1, -0.05) is 69.8 Å². The molecule has 3 saturated carbocycles. The average molecular weight is 484 g/mol. The summed E-state index contributed by atoms with van der Waals surface area (Å²) in [6, 6.07) is 0. The minimum absolute atomic E-state index is 0.0496. The molecule has 0 N–H and O–H groups in total. The first kappa shape index (κ1) is 26.5. The number of allylic oxidation sites excluding steroid dienone is 3. The average Bonchev–Trinajstić information content (AvgIpc) is 3.34. The zero-order valence-corrected chi connectivity index (χ0v) is 23.2. The van der Waals surface area contributed by atoms with Gasteiger partial charge in [-0.2, -0.15) is 0 Å². The molecule has 0 aromatic carbocycles. The van der Waals surface area contributed by atoms with Gasteiger partial charge in [0.2, 0.25) is 0 Å². The van der Waals surface area contributed by atoms with Crippen LogP contribution in [0.4, 0.5) is 0 Å². The van der Waals surface area contributed by atoms with Crippen molar-refractivity contribution in [2.75, 3.05) is 0 Å². The lowest BCUT2D eigenvalue weighted by Gasteiger charge is -2.44. The molecule has 3 fully saturated rings. The second kappa shape index (κ2) is 10.8. The predicted octanol–water partition coefficient (Wildman–Crippen LogP) is 8.17. The maximum Gasteiger partial charge on any atom is 0.302 e. The van der Waals surface area contributed by atoms with Crippen LogP contribution in [-0.2, 0) is 14.4 Å². The zero-order valence-electron chi connectivity index (χ0n) is 23.2. The minimum atomic E-state index is -0.334. The Morgan fingerprint density at radius 3 is 2.66 bits per heavy atom. The lowest BCUT2D eigenvalue weighted by atomic mass is 9.60. The Morgan fingerprint density at radius 1 is 1.17 bits per heavy atom. The molecule has 0 unspecified atom stereocenters. The Balaban J connectivity index is 1.52. The molecule has 4 heteroatoms. The molecule has 0 bridgehead atoms. The number of fused-ring (bicyclic) bond motifs is 1. The Hall–Kier alpha value is -1.58. The topological polar surface area (TPSA) is 47.9 Å². The van der Waals surface area contributed by atoms with Gasteiger partial charge in [-0.25, -0.2) is 0 Å². The van der Waals surface area contributed by atoms with Crippen LogP contribution in [-0.4, -0.2) is 23.4 Å². The van der Waals surface area contributed by atoms with E-state index >= 15 is 0 Å². The molecule has 0 saturated heterocycles. The summed E-state index contributed by atoms with van der Waals surface area (Å²) in [5.41, 5.74) is 4.06. The smallest absolute Gasteiger partial charge is 0.302 e. The third-order valence-corrected chi connectivity index (χ3v) is 9.82. The van der Waals surface area contributed by atoms with Crippen molar-refractivity contribution < 1.29 is 14.4 Å². The Morgan fingerprint density at radius 2 is 1.97 bits per heavy atom. The fourth-order valence-electron chi connectivity index (χ4n) is 8.06. The van der Waals surface area contributed by atoms with E-state index in [2.05, 4.69) is 51.9 Å². The first-order valence-corrected chi connectivity index (χ1v) is 14.4. The minimum Gasteiger partial charge on any atom is -0.462 e. The molecule has 1 heterocycles. The van der Waals surface area contributed by atoms with E-state index in [4.69, 9.17) is 9.57 Å². The molecule has 4 aliphatic rings. The Kier molecular flexibility index (Phi) is 8.18. The number of hydrogen-bond donors (Lipinski definition) is 0. The second-order valence-electron chi connectivity index (χ2n) is 12.9. The van der Waals surface area contributed by atoms with E-state index < -0.39 is 0 Å². The van der Waals surface area contributed by atoms with E-state index in [-0.39, 0.29) is 17.7 Å². The van der Waals surface area contributed by atoms with Crippen molar-refractivity contribution in [3.05, 3.63) is 23.3 Å². The first-order chi connectivity index (χ1) is 16.6. The van der Waals surface area contributed by atoms with Crippen LogP contribution in [0.3, 0.4) is 0 Å². The van der Waals surface area contributed by atoms with Crippen LogP contribution in [0, 0.1) is 29.1 Å². The lowest BCUT2D eigenvalue weighted by Crippen LogP contribution is -2.39. The summed E-state index contributed by atoms with van der Waals surface area (Å²) in [5.74, 6) is 3.00. The van der Waals surface area contributed by atoms with Crippen molar-refractivity contribution in [2.45, 2.75) is 130 Å². The van der Waals surface area contributed by atoms with Gasteiger partial charge in [-0.3, -0.25) is 4.79 Å². The summed E-state index contributed by atoms with van der Waals surface area (Å²) in [6.45, 7) is 13.4. The van der Waals surface area contributed by atoms with Gasteiger partial charge in [0.05, 0.1) is 5.71 Å². The number of ether oxygens (including phenoxy) is 1. The molecular formula is C31H49NO3. The molecule has 4 nitrogen and oxygen atoms in total. The molecule has 3 aliphatic carbocycles. The molecule has 1 spiro atoms. The summed E-state index contributed by atoms with van der Waals surface area (Å²) in [7, 11) is 0. The largest absolute Gasteiger partial charge is 0.462 e. The number of nitrogens with zero attached hydrogens (tertiary/aromatic N) is 1. The SMILES string of the molecule is CC(=O)O[C@H]1CC[C@]2(CC(C)=NO2)/C(=C/C=C2\CCC[C@]3(C)[C@@H]([C@H](C)CCCC(C)C)CC[C@@H]23)C1. The number of esters is 1. The molecule has 4 rings (SSSR count). The molecule has 35 heavy (non-hydrogen) atoms. The normalized spacial score (nSPS) is 38.0. The van der Waals surface area contributed by atoms with Gasteiger partial charge in [0.15, 0.2) is 5.60 Å². The van der Waals surface area contributed by atoms with E-state index in [1.54, 1.807) is 5.57 Å². The first-order valence-electron chi connectivity index (χ1n) is 14.4. The van der Waals surface area contributed by atoms with Gasteiger partial charge in [-0.05, 0) is 86.5 Å². The van der Waals surface area contributed by atoms with E-state index in [1.807, 2.05) is 0 Å². The van der Waals surface area contributed by atoms with Crippen molar-refractivity contribution in [3.63, 3.8) is 0 Å². The lowest BCUT2D eigenvalue weighted by molar-refractivity contribution is -0.149. The van der Waals surface area contributed by atoms with Crippen molar-refractivity contribution in [1.29, 1.82) is 0 Å². The highest BCUT2D eigenvalue weighted by atomic mass is 16.7. The van der Waals surface area contributed by atoms with E-state index in [0.29, 0.717) is 11.3 Å². The number of carbonyl (C=O) groups is 1. The monoisotopic (exact) mass is 483 g/mol. The van der Waals surface area contributed by atoms with E-state index in [9.17, 15) is 4.79 Å². The van der Waals surface area contributed by atoms with Crippen molar-refractivity contribution in [3.8, 4) is 0 Å². The zero-order chi connectivity index (χ0) is 25.2. The quantitative estimate of drug-likeness (QED) is 0.343. The predicted molar refractivity (Wildman–Crippen MR) is 143 cm³/mol. The van der Waals surface area contributed by atoms with Crippen LogP contribution >= 0.6 is 0 Å². The fraction of sp³-hybridized carbons (Fsp3) is 0.806. The van der Waals surface area contributed by atoms with Gasteiger partial charge in [0.25, 0.3) is 0 Å². The summed E-state index contributed by atoms with van der Waals surface area (Å²) in [5, 5.41) is 4.32. The van der Waals surface area contributed by atoms with Gasteiger partial charge >= 0.3 is 5.97 Å². The van der Waals surface area contributed by atoms with Crippen LogP contribution in [0.2, 0.25) is 0 Å². The van der Waals surface area contributed by atoms with Crippen molar-refractivity contribution in [1.82, 2.24) is 0 Å². The Bertz CT molecular complexity index is 870. The van der Waals surface area contributed by atoms with Crippen molar-refractivity contribution in [2.24, 2.45) is 34.2 Å². The maximum atomic E-state index is 11.6.